The number of carboxylic acid groups (broad SMARTS) is 2. The lowest BCUT2D eigenvalue weighted by atomic mass is 9.99. The van der Waals surface area contributed by atoms with Crippen molar-refractivity contribution in [3.05, 3.63) is 130 Å². The molecule has 0 aliphatic carbocycles. The molecule has 0 saturated carbocycles. The van der Waals surface area contributed by atoms with E-state index in [1.54, 1.807) is 0 Å². The number of anilines is 2. The number of carbonyl (C=O) groups is 4. The molecule has 2 aliphatic rings. The van der Waals surface area contributed by atoms with Crippen molar-refractivity contribution in [3.63, 3.8) is 0 Å². The van der Waals surface area contributed by atoms with E-state index in [0.29, 0.717) is 34.8 Å². The number of carbonyl (C=O) groups excluding carboxylic acids is 2. The first-order valence-electron chi connectivity index (χ1n) is 23.5. The van der Waals surface area contributed by atoms with Crippen molar-refractivity contribution in [3.8, 4) is 23.6 Å². The van der Waals surface area contributed by atoms with Crippen LogP contribution in [-0.2, 0) is 50.5 Å². The topological polar surface area (TPSA) is 406 Å². The zero-order chi connectivity index (χ0) is 63.7. The average molecular weight is 1190 g/mol. The number of ether oxygens (including phenoxy) is 6. The molecule has 0 radical (unpaired) electrons. The van der Waals surface area contributed by atoms with Gasteiger partial charge in [-0.05, 0) is 86.6 Å². The van der Waals surface area contributed by atoms with Gasteiger partial charge in [-0.25, -0.2) is 19.3 Å². The molecule has 12 atom stereocenters. The maximum absolute atomic E-state index is 13.0. The Kier molecular flexibility index (Phi) is 25.0. The average Bonchev–Trinajstić information content (AvgIpc) is 3.58. The first-order chi connectivity index (χ1) is 39.1. The Balaban J connectivity index is 0.000000309. The third-order valence-corrected chi connectivity index (χ3v) is 11.4. The molecule has 452 valence electrons. The number of nitriles is 2. The minimum atomic E-state index is -4.76. The number of aliphatic carboxylic acids is 2. The van der Waals surface area contributed by atoms with E-state index < -0.39 is 144 Å². The zero-order valence-corrected chi connectivity index (χ0v) is 43.9. The number of hydrogen-bond donors (Lipinski definition) is 12. The number of benzene rings is 4. The predicted molar refractivity (Wildman–Crippen MR) is 270 cm³/mol. The maximum atomic E-state index is 13.0. The van der Waals surface area contributed by atoms with Crippen LogP contribution in [0.15, 0.2) is 84.9 Å². The molecule has 2 saturated heterocycles. The third-order valence-electron chi connectivity index (χ3n) is 11.4. The summed E-state index contributed by atoms with van der Waals surface area (Å²) in [6.07, 6.45) is -24.7. The van der Waals surface area contributed by atoms with Crippen LogP contribution in [-0.4, -0.2) is 175 Å². The number of nitrogens with zero attached hydrogens (tertiary/aromatic N) is 4. The number of methoxy groups -OCH3 is 2. The molecule has 12 N–H and O–H groups in total. The standard InChI is InChI=1S/2C19H14F3N3O3.2C7H12O7/c2*1-18(27,11-28-14-6-3-12(10-23)4-7-14)17(26)25-13-5-8-16(24-2)15(9-13)19(20,21)22;2*1-13-7-4(10)2(8)3(9)5(14-7)6(11)12/h2*3-9,27H,11H2,1H3,(H,25,26);2*2-5,7-10H,1H3,(H,11,12)/t2*18-;;/m00../s1. The second kappa shape index (κ2) is 30.1. The van der Waals surface area contributed by atoms with Crippen LogP contribution in [0.2, 0.25) is 0 Å². The van der Waals surface area contributed by atoms with Gasteiger partial charge in [-0.1, -0.05) is 12.1 Å². The van der Waals surface area contributed by atoms with E-state index in [9.17, 15) is 86.4 Å². The van der Waals surface area contributed by atoms with Crippen LogP contribution in [0.5, 0.6) is 11.5 Å². The normalized spacial score (nSPS) is 23.2. The largest absolute Gasteiger partial charge is 0.490 e. The maximum Gasteiger partial charge on any atom is 0.407 e. The molecule has 26 nitrogen and oxygen atoms in total. The van der Waals surface area contributed by atoms with Crippen LogP contribution in [0, 0.1) is 35.8 Å². The number of halogens is 6. The van der Waals surface area contributed by atoms with Gasteiger partial charge >= 0.3 is 24.3 Å². The van der Waals surface area contributed by atoms with Crippen molar-refractivity contribution in [2.45, 2.75) is 98.8 Å². The molecular weight excluding hydrogens is 1140 g/mol. The summed E-state index contributed by atoms with van der Waals surface area (Å²) in [4.78, 5) is 51.2. The lowest BCUT2D eigenvalue weighted by Gasteiger charge is -2.37. The number of aliphatic hydroxyl groups excluding tert-OH is 6. The number of amides is 2. The Morgan fingerprint density at radius 1 is 0.560 bits per heavy atom. The van der Waals surface area contributed by atoms with Gasteiger partial charge in [-0.2, -0.15) is 36.9 Å². The van der Waals surface area contributed by atoms with Gasteiger partial charge in [0.25, 0.3) is 11.8 Å². The molecule has 0 aromatic heterocycles. The molecule has 4 aromatic rings. The van der Waals surface area contributed by atoms with E-state index in [1.807, 2.05) is 12.1 Å². The fourth-order valence-electron chi connectivity index (χ4n) is 6.73. The summed E-state index contributed by atoms with van der Waals surface area (Å²) in [5.74, 6) is -4.22. The molecule has 0 bridgehead atoms. The Labute approximate surface area is 471 Å². The van der Waals surface area contributed by atoms with E-state index in [2.05, 4.69) is 29.8 Å². The van der Waals surface area contributed by atoms with E-state index in [1.165, 1.54) is 62.8 Å². The van der Waals surface area contributed by atoms with Crippen molar-refractivity contribution in [2.75, 3.05) is 38.1 Å². The highest BCUT2D eigenvalue weighted by Crippen LogP contribution is 2.39. The summed E-state index contributed by atoms with van der Waals surface area (Å²) in [6, 6.07) is 21.1. The predicted octanol–water partition coefficient (Wildman–Crippen LogP) is 2.84. The number of alkyl halides is 6. The van der Waals surface area contributed by atoms with Crippen LogP contribution in [0.25, 0.3) is 9.69 Å². The molecule has 10 unspecified atom stereocenters. The first kappa shape index (κ1) is 69.7. The van der Waals surface area contributed by atoms with E-state index in [-0.39, 0.29) is 11.4 Å². The molecule has 4 aromatic carbocycles. The minimum Gasteiger partial charge on any atom is -0.490 e. The summed E-state index contributed by atoms with van der Waals surface area (Å²) < 4.78 is 107. The van der Waals surface area contributed by atoms with Gasteiger partial charge < -0.3 is 90.1 Å². The van der Waals surface area contributed by atoms with Gasteiger partial charge in [-0.3, -0.25) is 9.59 Å². The molecule has 2 heterocycles. The van der Waals surface area contributed by atoms with E-state index in [4.69, 9.17) is 52.8 Å². The molecule has 32 heteroatoms. The van der Waals surface area contributed by atoms with Crippen LogP contribution in [0.3, 0.4) is 0 Å². The van der Waals surface area contributed by atoms with Gasteiger partial charge in [0.1, 0.15) is 61.3 Å². The fraction of sp³-hybridized carbons (Fsp3) is 0.385. The smallest absolute Gasteiger partial charge is 0.407 e. The lowest BCUT2D eigenvalue weighted by Crippen LogP contribution is -2.60. The van der Waals surface area contributed by atoms with Crippen LogP contribution in [0.4, 0.5) is 49.1 Å². The van der Waals surface area contributed by atoms with Gasteiger partial charge in [0.05, 0.1) is 47.5 Å². The monoisotopic (exact) mass is 1190 g/mol. The Hall–Kier alpha value is -8.58. The van der Waals surface area contributed by atoms with E-state index >= 15 is 0 Å². The quantitative estimate of drug-likeness (QED) is 0.0638. The SMILES string of the molecule is COC1OC(C(=O)O)C(O)C(O)C1O.COC1OC(C(=O)O)C(O)C(O)C1O.[C-]#[N+]c1ccc(NC(=O)[C@@](C)(O)COc2ccc(C#N)cc2)cc1C(F)(F)F.[C-]#[N+]c1ccc(NC(=O)[C@@](C)(O)COc2ccc(C#N)cc2)cc1C(F)(F)F. The minimum absolute atomic E-state index is 0.219. The fourth-order valence-corrected chi connectivity index (χ4v) is 6.73. The van der Waals surface area contributed by atoms with Gasteiger partial charge in [0, 0.05) is 25.6 Å². The van der Waals surface area contributed by atoms with Crippen molar-refractivity contribution in [2.24, 2.45) is 0 Å². The second-order valence-electron chi connectivity index (χ2n) is 17.9. The number of nitrogens with one attached hydrogen (secondary N) is 2. The highest BCUT2D eigenvalue weighted by molar-refractivity contribution is 5.98. The summed E-state index contributed by atoms with van der Waals surface area (Å²) >= 11 is 0. The summed E-state index contributed by atoms with van der Waals surface area (Å²) in [7, 11) is 2.38. The summed E-state index contributed by atoms with van der Waals surface area (Å²) in [5, 5.41) is 115. The first-order valence-corrected chi connectivity index (χ1v) is 23.5. The van der Waals surface area contributed by atoms with Crippen LogP contribution >= 0.6 is 0 Å². The highest BCUT2D eigenvalue weighted by Gasteiger charge is 2.48. The molecule has 6 rings (SSSR count). The van der Waals surface area contributed by atoms with Gasteiger partial charge in [0.2, 0.25) is 0 Å². The summed E-state index contributed by atoms with van der Waals surface area (Å²) in [5.41, 5.74) is -7.30. The lowest BCUT2D eigenvalue weighted by molar-refractivity contribution is -0.287. The van der Waals surface area contributed by atoms with E-state index in [0.717, 1.165) is 38.1 Å². The van der Waals surface area contributed by atoms with Crippen LogP contribution in [0.1, 0.15) is 36.1 Å². The third kappa shape index (κ3) is 19.3. The number of carboxylic acids is 2. The number of hydrogen-bond acceptors (Lipinski definition) is 20. The number of aliphatic hydroxyl groups is 8. The van der Waals surface area contributed by atoms with Gasteiger partial charge in [0.15, 0.2) is 47.4 Å². The molecule has 2 aliphatic heterocycles. The van der Waals surface area contributed by atoms with Crippen LogP contribution < -0.4 is 20.1 Å². The molecule has 2 amide bonds. The zero-order valence-electron chi connectivity index (χ0n) is 43.9. The number of rotatable bonds is 14. The molecule has 84 heavy (non-hydrogen) atoms. The van der Waals surface area contributed by atoms with Crippen molar-refractivity contribution in [1.29, 1.82) is 10.5 Å². The van der Waals surface area contributed by atoms with Gasteiger partial charge in [-0.15, -0.1) is 0 Å². The molecule has 2 fully saturated rings. The van der Waals surface area contributed by atoms with Crippen molar-refractivity contribution >= 4 is 46.5 Å². The summed E-state index contributed by atoms with van der Waals surface area (Å²) in [6.45, 7) is 14.9. The Bertz CT molecular complexity index is 2880. The second-order valence-corrected chi connectivity index (χ2v) is 17.9. The Morgan fingerprint density at radius 2 is 0.869 bits per heavy atom. The molecule has 0 spiro atoms. The van der Waals surface area contributed by atoms with Crippen molar-refractivity contribution in [1.82, 2.24) is 0 Å². The highest BCUT2D eigenvalue weighted by atomic mass is 19.4. The Morgan fingerprint density at radius 3 is 1.12 bits per heavy atom. The molecular formula is C52H52F6N6O20. The van der Waals surface area contributed by atoms with Crippen molar-refractivity contribution < 1.29 is 125 Å².